The Labute approximate surface area is 105 Å². The van der Waals surface area contributed by atoms with Gasteiger partial charge in [0.05, 0.1) is 11.0 Å². The normalized spacial score (nSPS) is 10.4. The van der Waals surface area contributed by atoms with Crippen molar-refractivity contribution in [1.29, 1.82) is 0 Å². The van der Waals surface area contributed by atoms with Crippen molar-refractivity contribution in [1.82, 2.24) is 9.55 Å². The van der Waals surface area contributed by atoms with Crippen LogP contribution in [0.1, 0.15) is 5.56 Å². The molecule has 17 heavy (non-hydrogen) atoms. The van der Waals surface area contributed by atoms with Gasteiger partial charge in [0.25, 0.3) is 5.56 Å². The average molecular weight is 296 g/mol. The zero-order valence-electron chi connectivity index (χ0n) is 8.81. The predicted molar refractivity (Wildman–Crippen MR) is 69.0 cm³/mol. The van der Waals surface area contributed by atoms with Crippen LogP contribution >= 0.6 is 15.9 Å². The van der Waals surface area contributed by atoms with E-state index in [-0.39, 0.29) is 0 Å². The molecule has 0 bridgehead atoms. The first-order valence-electron chi connectivity index (χ1n) is 4.90. The van der Waals surface area contributed by atoms with Crippen molar-refractivity contribution in [2.75, 3.05) is 5.73 Å². The molecule has 0 unspecified atom stereocenters. The number of hydrogen-bond donors (Lipinski definition) is 2. The topological polar surface area (TPSA) is 80.9 Å². The second-order valence-electron chi connectivity index (χ2n) is 3.61. The summed E-state index contributed by atoms with van der Waals surface area (Å²) in [5.41, 5.74) is 6.31. The molecule has 0 aliphatic carbocycles. The number of nitrogens with zero attached hydrogens (tertiary/aromatic N) is 1. The summed E-state index contributed by atoms with van der Waals surface area (Å²) in [5.74, 6) is 0. The van der Waals surface area contributed by atoms with Crippen LogP contribution < -0.4 is 17.0 Å². The van der Waals surface area contributed by atoms with Gasteiger partial charge in [-0.3, -0.25) is 14.3 Å². The van der Waals surface area contributed by atoms with Gasteiger partial charge in [0.2, 0.25) is 0 Å². The van der Waals surface area contributed by atoms with Crippen LogP contribution in [-0.4, -0.2) is 9.55 Å². The van der Waals surface area contributed by atoms with Gasteiger partial charge in [-0.15, -0.1) is 0 Å². The van der Waals surface area contributed by atoms with Crippen molar-refractivity contribution in [2.24, 2.45) is 0 Å². The summed E-state index contributed by atoms with van der Waals surface area (Å²) in [6.07, 6.45) is 1.47. The number of halogens is 1. The number of anilines is 1. The lowest BCUT2D eigenvalue weighted by Crippen LogP contribution is -2.30. The molecule has 0 radical (unpaired) electrons. The molecule has 1 aromatic carbocycles. The first-order chi connectivity index (χ1) is 8.06. The van der Waals surface area contributed by atoms with Gasteiger partial charge in [-0.1, -0.05) is 12.1 Å². The number of nitrogens with two attached hydrogens (primary N) is 1. The Morgan fingerprint density at radius 1 is 1.24 bits per heavy atom. The number of nitrogens with one attached hydrogen (secondary N) is 1. The Balaban J connectivity index is 2.36. The summed E-state index contributed by atoms with van der Waals surface area (Å²) >= 11 is 3.08. The number of rotatable bonds is 2. The van der Waals surface area contributed by atoms with Crippen molar-refractivity contribution < 1.29 is 0 Å². The number of nitrogen functional groups attached to an aromatic ring is 1. The second-order valence-corrected chi connectivity index (χ2v) is 4.46. The van der Waals surface area contributed by atoms with Crippen LogP contribution in [0.15, 0.2) is 44.5 Å². The highest BCUT2D eigenvalue weighted by Crippen LogP contribution is 2.07. The summed E-state index contributed by atoms with van der Waals surface area (Å²) in [6, 6.07) is 7.20. The predicted octanol–water partition coefficient (Wildman–Crippen LogP) is 0.930. The summed E-state index contributed by atoms with van der Waals surface area (Å²) in [6.45, 7) is 0.383. The molecule has 0 saturated heterocycles. The molecular weight excluding hydrogens is 286 g/mol. The zero-order chi connectivity index (χ0) is 12.4. The van der Waals surface area contributed by atoms with Crippen LogP contribution in [0.2, 0.25) is 0 Å². The molecule has 2 aromatic rings. The van der Waals surface area contributed by atoms with E-state index in [1.165, 1.54) is 10.8 Å². The van der Waals surface area contributed by atoms with Crippen LogP contribution in [-0.2, 0) is 6.54 Å². The molecule has 3 N–H and O–H groups in total. The monoisotopic (exact) mass is 295 g/mol. The largest absolute Gasteiger partial charge is 0.399 e. The van der Waals surface area contributed by atoms with Gasteiger partial charge < -0.3 is 5.73 Å². The Bertz CT molecular complexity index is 643. The van der Waals surface area contributed by atoms with Crippen molar-refractivity contribution in [2.45, 2.75) is 6.54 Å². The van der Waals surface area contributed by atoms with Crippen LogP contribution in [0.4, 0.5) is 5.69 Å². The van der Waals surface area contributed by atoms with Crippen LogP contribution in [0.3, 0.4) is 0 Å². The maximum atomic E-state index is 11.5. The highest BCUT2D eigenvalue weighted by molar-refractivity contribution is 9.10. The number of aromatic amines is 1. The van der Waals surface area contributed by atoms with E-state index in [1.807, 2.05) is 12.1 Å². The maximum absolute atomic E-state index is 11.5. The van der Waals surface area contributed by atoms with Crippen molar-refractivity contribution in [3.8, 4) is 0 Å². The fourth-order valence-electron chi connectivity index (χ4n) is 1.42. The Morgan fingerprint density at radius 3 is 2.53 bits per heavy atom. The van der Waals surface area contributed by atoms with Gasteiger partial charge in [0.15, 0.2) is 0 Å². The fraction of sp³-hybridized carbons (Fsp3) is 0.0909. The number of H-pyrrole nitrogens is 1. The molecule has 0 fully saturated rings. The first-order valence-corrected chi connectivity index (χ1v) is 5.69. The third-order valence-electron chi connectivity index (χ3n) is 2.30. The lowest BCUT2D eigenvalue weighted by molar-refractivity contribution is 0.716. The molecule has 5 nitrogen and oxygen atoms in total. The molecule has 0 aliphatic rings. The fourth-order valence-corrected chi connectivity index (χ4v) is 1.77. The molecule has 1 heterocycles. The summed E-state index contributed by atoms with van der Waals surface area (Å²) < 4.78 is 1.74. The molecule has 88 valence electrons. The smallest absolute Gasteiger partial charge is 0.328 e. The number of hydrogen-bond acceptors (Lipinski definition) is 3. The van der Waals surface area contributed by atoms with Crippen LogP contribution in [0, 0.1) is 0 Å². The van der Waals surface area contributed by atoms with E-state index in [0.29, 0.717) is 16.7 Å². The molecule has 0 atom stereocenters. The molecule has 0 spiro atoms. The lowest BCUT2D eigenvalue weighted by atomic mass is 10.2. The highest BCUT2D eigenvalue weighted by atomic mass is 79.9. The van der Waals surface area contributed by atoms with Gasteiger partial charge >= 0.3 is 5.69 Å². The van der Waals surface area contributed by atoms with E-state index >= 15 is 0 Å². The highest BCUT2D eigenvalue weighted by Gasteiger charge is 2.02. The maximum Gasteiger partial charge on any atom is 0.328 e. The molecular formula is C11H10BrN3O2. The van der Waals surface area contributed by atoms with Crippen molar-refractivity contribution in [3.05, 3.63) is 61.3 Å². The molecule has 0 saturated carbocycles. The van der Waals surface area contributed by atoms with Crippen molar-refractivity contribution in [3.63, 3.8) is 0 Å². The van der Waals surface area contributed by atoms with E-state index in [9.17, 15) is 9.59 Å². The summed E-state index contributed by atoms with van der Waals surface area (Å²) in [7, 11) is 0. The Morgan fingerprint density at radius 2 is 1.88 bits per heavy atom. The van der Waals surface area contributed by atoms with E-state index in [4.69, 9.17) is 5.73 Å². The van der Waals surface area contributed by atoms with Crippen LogP contribution in [0.5, 0.6) is 0 Å². The van der Waals surface area contributed by atoms with Gasteiger partial charge in [-0.2, -0.15) is 0 Å². The standard InChI is InChI=1S/C11H10BrN3O2/c12-9-6-15(11(17)14-10(9)16)5-7-1-3-8(13)4-2-7/h1-4,6H,5,13H2,(H,14,16,17). The lowest BCUT2D eigenvalue weighted by Gasteiger charge is -2.05. The second kappa shape index (κ2) is 4.58. The number of benzene rings is 1. The molecule has 0 amide bonds. The minimum Gasteiger partial charge on any atom is -0.399 e. The Hall–Kier alpha value is -1.82. The third kappa shape index (κ3) is 2.65. The van der Waals surface area contributed by atoms with Gasteiger partial charge in [-0.05, 0) is 33.6 Å². The zero-order valence-corrected chi connectivity index (χ0v) is 10.4. The van der Waals surface area contributed by atoms with Gasteiger partial charge in [0, 0.05) is 11.9 Å². The number of aromatic nitrogens is 2. The minimum atomic E-state index is -0.435. The summed E-state index contributed by atoms with van der Waals surface area (Å²) in [4.78, 5) is 24.9. The van der Waals surface area contributed by atoms with Gasteiger partial charge in [0.1, 0.15) is 0 Å². The first kappa shape index (κ1) is 11.7. The Kier molecular flexibility index (Phi) is 3.14. The van der Waals surface area contributed by atoms with E-state index in [1.54, 1.807) is 12.1 Å². The molecule has 6 heteroatoms. The van der Waals surface area contributed by atoms with Crippen molar-refractivity contribution >= 4 is 21.6 Å². The summed E-state index contributed by atoms with van der Waals surface area (Å²) in [5, 5.41) is 0. The minimum absolute atomic E-state index is 0.326. The van der Waals surface area contributed by atoms with E-state index in [0.717, 1.165) is 5.56 Å². The average Bonchev–Trinajstić information content (AvgIpc) is 2.29. The van der Waals surface area contributed by atoms with E-state index < -0.39 is 11.2 Å². The van der Waals surface area contributed by atoms with Gasteiger partial charge in [-0.25, -0.2) is 4.79 Å². The van der Waals surface area contributed by atoms with Crippen LogP contribution in [0.25, 0.3) is 0 Å². The molecule has 0 aliphatic heterocycles. The molecule has 2 rings (SSSR count). The SMILES string of the molecule is Nc1ccc(Cn2cc(Br)c(=O)[nH]c2=O)cc1. The van der Waals surface area contributed by atoms with E-state index in [2.05, 4.69) is 20.9 Å². The quantitative estimate of drug-likeness (QED) is 0.809. The third-order valence-corrected chi connectivity index (χ3v) is 2.86. The molecule has 1 aromatic heterocycles.